The highest BCUT2D eigenvalue weighted by atomic mass is 16.5. The van der Waals surface area contributed by atoms with E-state index < -0.39 is 17.9 Å². The van der Waals surface area contributed by atoms with Crippen LogP contribution in [0.1, 0.15) is 35.7 Å². The molecule has 1 fully saturated rings. The van der Waals surface area contributed by atoms with Crippen molar-refractivity contribution in [2.24, 2.45) is 0 Å². The molecule has 3 amide bonds. The zero-order chi connectivity index (χ0) is 21.0. The van der Waals surface area contributed by atoms with Gasteiger partial charge in [0, 0.05) is 18.8 Å². The topological polar surface area (TPSA) is 92.1 Å². The van der Waals surface area contributed by atoms with E-state index in [4.69, 9.17) is 4.42 Å². The molecule has 2 heterocycles. The van der Waals surface area contributed by atoms with Gasteiger partial charge in [-0.2, -0.15) is 0 Å². The maximum atomic E-state index is 12.6. The summed E-state index contributed by atoms with van der Waals surface area (Å²) >= 11 is 0. The minimum Gasteiger partial charge on any atom is -0.463 e. The first-order chi connectivity index (χ1) is 14.0. The van der Waals surface area contributed by atoms with Crippen LogP contribution in [-0.2, 0) is 16.1 Å². The molecule has 1 aromatic heterocycles. The van der Waals surface area contributed by atoms with Gasteiger partial charge in [-0.25, -0.2) is 9.59 Å². The van der Waals surface area contributed by atoms with Crippen molar-refractivity contribution >= 4 is 29.7 Å². The van der Waals surface area contributed by atoms with Gasteiger partial charge in [-0.05, 0) is 49.8 Å². The van der Waals surface area contributed by atoms with Crippen LogP contribution in [0.15, 0.2) is 46.5 Å². The first-order valence-corrected chi connectivity index (χ1v) is 9.33. The predicted molar refractivity (Wildman–Crippen MR) is 107 cm³/mol. The number of esters is 1. The zero-order valence-corrected chi connectivity index (χ0v) is 16.6. The first kappa shape index (κ1) is 20.2. The van der Waals surface area contributed by atoms with E-state index in [1.165, 1.54) is 19.2 Å². The number of amides is 3. The first-order valence-electron chi connectivity index (χ1n) is 9.33. The molecule has 1 aromatic carbocycles. The Kier molecular flexibility index (Phi) is 6.01. The number of methoxy groups -OCH3 is 1. The van der Waals surface area contributed by atoms with Gasteiger partial charge < -0.3 is 19.4 Å². The van der Waals surface area contributed by atoms with E-state index in [1.54, 1.807) is 6.08 Å². The molecule has 1 aliphatic rings. The van der Waals surface area contributed by atoms with Crippen LogP contribution >= 0.6 is 0 Å². The van der Waals surface area contributed by atoms with Crippen molar-refractivity contribution in [1.82, 2.24) is 10.2 Å². The molecular formula is C21H23N3O5. The van der Waals surface area contributed by atoms with Gasteiger partial charge in [0.1, 0.15) is 11.5 Å². The molecule has 0 bridgehead atoms. The molecule has 3 rings (SSSR count). The van der Waals surface area contributed by atoms with Crippen molar-refractivity contribution in [3.05, 3.63) is 59.2 Å². The lowest BCUT2D eigenvalue weighted by molar-refractivity contribution is -0.123. The summed E-state index contributed by atoms with van der Waals surface area (Å²) in [5, 5.41) is 2.58. The Balaban J connectivity index is 1.72. The highest BCUT2D eigenvalue weighted by Gasteiger charge is 2.34. The van der Waals surface area contributed by atoms with Crippen molar-refractivity contribution in [2.75, 3.05) is 25.1 Å². The van der Waals surface area contributed by atoms with E-state index in [0.29, 0.717) is 5.76 Å². The lowest BCUT2D eigenvalue weighted by Crippen LogP contribution is -2.30. The van der Waals surface area contributed by atoms with Crippen LogP contribution in [-0.4, -0.2) is 43.0 Å². The number of anilines is 1. The number of hydrogen-bond donors (Lipinski definition) is 1. The van der Waals surface area contributed by atoms with Gasteiger partial charge in [-0.1, -0.05) is 12.1 Å². The summed E-state index contributed by atoms with van der Waals surface area (Å²) < 4.78 is 9.91. The maximum Gasteiger partial charge on any atom is 0.373 e. The number of rotatable bonds is 7. The van der Waals surface area contributed by atoms with E-state index in [-0.39, 0.29) is 18.0 Å². The van der Waals surface area contributed by atoms with Gasteiger partial charge in [-0.3, -0.25) is 9.69 Å². The quantitative estimate of drug-likeness (QED) is 0.439. The highest BCUT2D eigenvalue weighted by Crippen LogP contribution is 2.20. The Hall–Kier alpha value is -3.55. The number of hydrogen-bond acceptors (Lipinski definition) is 6. The van der Waals surface area contributed by atoms with Crippen LogP contribution in [0.25, 0.3) is 6.08 Å². The molecular weight excluding hydrogens is 374 g/mol. The van der Waals surface area contributed by atoms with Gasteiger partial charge in [0.2, 0.25) is 5.76 Å². The Morgan fingerprint density at radius 3 is 2.45 bits per heavy atom. The fraction of sp³-hybridized carbons (Fsp3) is 0.286. The number of urea groups is 1. The Morgan fingerprint density at radius 1 is 1.14 bits per heavy atom. The number of carbonyl (C=O) groups is 3. The molecule has 0 aliphatic carbocycles. The van der Waals surface area contributed by atoms with Crippen LogP contribution in [0.2, 0.25) is 0 Å². The van der Waals surface area contributed by atoms with Crippen LogP contribution in [0.5, 0.6) is 0 Å². The van der Waals surface area contributed by atoms with E-state index in [0.717, 1.165) is 29.2 Å². The number of furan rings is 1. The number of carbonyl (C=O) groups excluding carboxylic acids is 3. The SMILES string of the molecule is CCN(CC)c1ccc(/C=C2\NC(=O)N(Cc3ccc(C(=O)OC)o3)C2=O)cc1. The van der Waals surface area contributed by atoms with Crippen molar-refractivity contribution in [3.8, 4) is 0 Å². The monoisotopic (exact) mass is 397 g/mol. The van der Waals surface area contributed by atoms with Gasteiger partial charge in [0.05, 0.1) is 13.7 Å². The fourth-order valence-electron chi connectivity index (χ4n) is 3.08. The molecule has 1 saturated heterocycles. The minimum absolute atomic E-state index is 0.0126. The largest absolute Gasteiger partial charge is 0.463 e. The third kappa shape index (κ3) is 4.31. The molecule has 2 aromatic rings. The number of nitrogens with zero attached hydrogens (tertiary/aromatic N) is 2. The lowest BCUT2D eigenvalue weighted by Gasteiger charge is -2.20. The maximum absolute atomic E-state index is 12.6. The summed E-state index contributed by atoms with van der Waals surface area (Å²) in [5.74, 6) is -0.765. The normalized spacial score (nSPS) is 15.0. The lowest BCUT2D eigenvalue weighted by atomic mass is 10.1. The zero-order valence-electron chi connectivity index (χ0n) is 16.6. The number of nitrogens with one attached hydrogen (secondary N) is 1. The minimum atomic E-state index is -0.623. The number of imide groups is 1. The number of ether oxygens (including phenoxy) is 1. The molecule has 8 nitrogen and oxygen atoms in total. The molecule has 29 heavy (non-hydrogen) atoms. The molecule has 1 N–H and O–H groups in total. The van der Waals surface area contributed by atoms with Crippen molar-refractivity contribution in [2.45, 2.75) is 20.4 Å². The molecule has 0 unspecified atom stereocenters. The van der Waals surface area contributed by atoms with Crippen LogP contribution < -0.4 is 10.2 Å². The average molecular weight is 397 g/mol. The van der Waals surface area contributed by atoms with Crippen LogP contribution in [0.4, 0.5) is 10.5 Å². The van der Waals surface area contributed by atoms with Crippen molar-refractivity contribution < 1.29 is 23.5 Å². The third-order valence-corrected chi connectivity index (χ3v) is 4.66. The molecule has 1 aliphatic heterocycles. The Morgan fingerprint density at radius 2 is 1.83 bits per heavy atom. The van der Waals surface area contributed by atoms with Crippen LogP contribution in [0, 0.1) is 0 Å². The Bertz CT molecular complexity index is 941. The van der Waals surface area contributed by atoms with E-state index in [2.05, 4.69) is 28.8 Å². The number of benzene rings is 1. The van der Waals surface area contributed by atoms with E-state index >= 15 is 0 Å². The summed E-state index contributed by atoms with van der Waals surface area (Å²) in [6.45, 7) is 5.91. The average Bonchev–Trinajstić information content (AvgIpc) is 3.30. The summed E-state index contributed by atoms with van der Waals surface area (Å²) in [6.07, 6.45) is 1.63. The summed E-state index contributed by atoms with van der Waals surface area (Å²) in [4.78, 5) is 39.5. The summed E-state index contributed by atoms with van der Waals surface area (Å²) in [6, 6.07) is 10.2. The molecule has 0 radical (unpaired) electrons. The van der Waals surface area contributed by atoms with Gasteiger partial charge >= 0.3 is 12.0 Å². The van der Waals surface area contributed by atoms with E-state index in [9.17, 15) is 14.4 Å². The molecule has 0 saturated carbocycles. The standard InChI is InChI=1S/C21H23N3O5/c1-4-23(5-2)15-8-6-14(7-9-15)12-17-19(25)24(21(27)22-17)13-16-10-11-18(29-16)20(26)28-3/h6-12H,4-5,13H2,1-3H3,(H,22,27)/b17-12-. The highest BCUT2D eigenvalue weighted by molar-refractivity contribution is 6.13. The predicted octanol–water partition coefficient (Wildman–Crippen LogP) is 3.01. The third-order valence-electron chi connectivity index (χ3n) is 4.66. The molecule has 0 atom stereocenters. The summed E-state index contributed by atoms with van der Waals surface area (Å²) in [7, 11) is 1.24. The smallest absolute Gasteiger partial charge is 0.373 e. The van der Waals surface area contributed by atoms with Crippen molar-refractivity contribution in [1.29, 1.82) is 0 Å². The second-order valence-electron chi connectivity index (χ2n) is 6.40. The molecule has 152 valence electrons. The van der Waals surface area contributed by atoms with Crippen molar-refractivity contribution in [3.63, 3.8) is 0 Å². The second-order valence-corrected chi connectivity index (χ2v) is 6.40. The fourth-order valence-corrected chi connectivity index (χ4v) is 3.08. The second kappa shape index (κ2) is 8.64. The van der Waals surface area contributed by atoms with Gasteiger partial charge in [0.15, 0.2) is 0 Å². The molecule has 0 spiro atoms. The van der Waals surface area contributed by atoms with Crippen LogP contribution in [0.3, 0.4) is 0 Å². The van der Waals surface area contributed by atoms with E-state index in [1.807, 2.05) is 24.3 Å². The molecule has 8 heteroatoms. The van der Waals surface area contributed by atoms with Gasteiger partial charge in [0.25, 0.3) is 5.91 Å². The Labute approximate surface area is 168 Å². The van der Waals surface area contributed by atoms with Gasteiger partial charge in [-0.15, -0.1) is 0 Å². The summed E-state index contributed by atoms with van der Waals surface area (Å²) in [5.41, 5.74) is 2.09.